The van der Waals surface area contributed by atoms with Gasteiger partial charge in [-0.25, -0.2) is 0 Å². The summed E-state index contributed by atoms with van der Waals surface area (Å²) >= 11 is 0. The summed E-state index contributed by atoms with van der Waals surface area (Å²) in [7, 11) is 0. The number of rotatable bonds is 8. The third-order valence-corrected chi connectivity index (χ3v) is 2.73. The summed E-state index contributed by atoms with van der Waals surface area (Å²) in [5.41, 5.74) is 1.31. The van der Waals surface area contributed by atoms with Gasteiger partial charge in [-0.1, -0.05) is 30.3 Å². The van der Waals surface area contributed by atoms with E-state index in [0.29, 0.717) is 6.54 Å². The van der Waals surface area contributed by atoms with Gasteiger partial charge in [-0.2, -0.15) is 13.2 Å². The number of benzene rings is 1. The van der Waals surface area contributed by atoms with E-state index in [1.807, 2.05) is 18.2 Å². The zero-order valence-corrected chi connectivity index (χ0v) is 10.5. The van der Waals surface area contributed by atoms with Crippen molar-refractivity contribution in [2.75, 3.05) is 13.1 Å². The van der Waals surface area contributed by atoms with Gasteiger partial charge in [0.2, 0.25) is 0 Å². The number of nitrogens with one attached hydrogen (secondary N) is 1. The van der Waals surface area contributed by atoms with Crippen molar-refractivity contribution in [1.29, 1.82) is 0 Å². The second-order valence-electron chi connectivity index (χ2n) is 4.41. The number of hydrogen-bond donors (Lipinski definition) is 1. The maximum absolute atomic E-state index is 11.8. The predicted molar refractivity (Wildman–Crippen MR) is 67.5 cm³/mol. The molecule has 0 bridgehead atoms. The largest absolute Gasteiger partial charge is 0.389 e. The van der Waals surface area contributed by atoms with Crippen LogP contribution in [0.4, 0.5) is 13.2 Å². The summed E-state index contributed by atoms with van der Waals surface area (Å²) in [5.74, 6) is 0. The summed E-state index contributed by atoms with van der Waals surface area (Å²) < 4.78 is 35.5. The van der Waals surface area contributed by atoms with Crippen molar-refractivity contribution in [3.63, 3.8) is 0 Å². The van der Waals surface area contributed by atoms with E-state index in [1.54, 1.807) is 0 Å². The molecular weight excluding hydrogens is 239 g/mol. The fourth-order valence-corrected chi connectivity index (χ4v) is 1.76. The van der Waals surface area contributed by atoms with Crippen LogP contribution in [0, 0.1) is 0 Å². The maximum atomic E-state index is 11.8. The number of unbranched alkanes of at least 4 members (excludes halogenated alkanes) is 1. The lowest BCUT2D eigenvalue weighted by atomic mass is 10.1. The Bertz CT molecular complexity index is 309. The number of aryl methyl sites for hydroxylation is 1. The van der Waals surface area contributed by atoms with Crippen molar-refractivity contribution in [2.45, 2.75) is 38.3 Å². The molecule has 1 N–H and O–H groups in total. The molecule has 0 fully saturated rings. The molecule has 1 rings (SSSR count). The molecule has 4 heteroatoms. The van der Waals surface area contributed by atoms with Gasteiger partial charge in [0.05, 0.1) is 0 Å². The van der Waals surface area contributed by atoms with Gasteiger partial charge in [0.25, 0.3) is 0 Å². The Hall–Kier alpha value is -1.03. The van der Waals surface area contributed by atoms with Gasteiger partial charge < -0.3 is 5.32 Å². The summed E-state index contributed by atoms with van der Waals surface area (Å²) in [5, 5.41) is 3.04. The van der Waals surface area contributed by atoms with Crippen molar-refractivity contribution in [3.05, 3.63) is 35.9 Å². The van der Waals surface area contributed by atoms with Crippen LogP contribution >= 0.6 is 0 Å². The lowest BCUT2D eigenvalue weighted by molar-refractivity contribution is -0.135. The van der Waals surface area contributed by atoms with E-state index in [2.05, 4.69) is 17.4 Å². The van der Waals surface area contributed by atoms with E-state index in [-0.39, 0.29) is 6.42 Å². The number of halogens is 3. The van der Waals surface area contributed by atoms with Crippen LogP contribution in [-0.4, -0.2) is 19.3 Å². The highest BCUT2D eigenvalue weighted by molar-refractivity contribution is 5.14. The lowest BCUT2D eigenvalue weighted by Gasteiger charge is -2.07. The van der Waals surface area contributed by atoms with Crippen molar-refractivity contribution < 1.29 is 13.2 Å². The molecule has 0 aliphatic rings. The number of hydrogen-bond acceptors (Lipinski definition) is 1. The maximum Gasteiger partial charge on any atom is 0.389 e. The van der Waals surface area contributed by atoms with E-state index in [1.165, 1.54) is 5.56 Å². The molecule has 0 saturated carbocycles. The smallest absolute Gasteiger partial charge is 0.317 e. The molecule has 18 heavy (non-hydrogen) atoms. The van der Waals surface area contributed by atoms with Crippen molar-refractivity contribution in [1.82, 2.24) is 5.32 Å². The molecule has 1 nitrogen and oxygen atoms in total. The first-order valence-electron chi connectivity index (χ1n) is 6.39. The molecule has 102 valence electrons. The Morgan fingerprint density at radius 3 is 2.22 bits per heavy atom. The first-order valence-corrected chi connectivity index (χ1v) is 6.39. The quantitative estimate of drug-likeness (QED) is 0.697. The Morgan fingerprint density at radius 1 is 0.889 bits per heavy atom. The molecule has 0 aromatic heterocycles. The molecule has 0 atom stereocenters. The second kappa shape index (κ2) is 8.14. The minimum atomic E-state index is -4.02. The van der Waals surface area contributed by atoms with E-state index < -0.39 is 12.6 Å². The first-order chi connectivity index (χ1) is 8.58. The minimum absolute atomic E-state index is 0.169. The van der Waals surface area contributed by atoms with Gasteiger partial charge in [0.1, 0.15) is 0 Å². The van der Waals surface area contributed by atoms with Crippen LogP contribution in [0.15, 0.2) is 30.3 Å². The average Bonchev–Trinajstić information content (AvgIpc) is 2.32. The third kappa shape index (κ3) is 8.12. The van der Waals surface area contributed by atoms with Crippen LogP contribution in [0.3, 0.4) is 0 Å². The second-order valence-corrected chi connectivity index (χ2v) is 4.41. The summed E-state index contributed by atoms with van der Waals surface area (Å²) in [4.78, 5) is 0. The van der Waals surface area contributed by atoms with Crippen LogP contribution in [0.1, 0.15) is 31.2 Å². The molecular formula is C14H20F3N. The topological polar surface area (TPSA) is 12.0 Å². The monoisotopic (exact) mass is 259 g/mol. The normalized spacial score (nSPS) is 11.7. The molecule has 0 saturated heterocycles. The zero-order valence-electron chi connectivity index (χ0n) is 10.5. The van der Waals surface area contributed by atoms with Crippen LogP contribution < -0.4 is 5.32 Å². The molecule has 0 unspecified atom stereocenters. The van der Waals surface area contributed by atoms with Crippen molar-refractivity contribution >= 4 is 0 Å². The third-order valence-electron chi connectivity index (χ3n) is 2.73. The van der Waals surface area contributed by atoms with Gasteiger partial charge >= 0.3 is 6.18 Å². The van der Waals surface area contributed by atoms with Gasteiger partial charge in [-0.15, -0.1) is 0 Å². The Balaban J connectivity index is 1.90. The van der Waals surface area contributed by atoms with E-state index in [0.717, 1.165) is 25.8 Å². The molecule has 0 aliphatic carbocycles. The molecule has 1 aromatic carbocycles. The van der Waals surface area contributed by atoms with Crippen molar-refractivity contribution in [2.24, 2.45) is 0 Å². The van der Waals surface area contributed by atoms with E-state index in [4.69, 9.17) is 0 Å². The van der Waals surface area contributed by atoms with Crippen LogP contribution in [0.2, 0.25) is 0 Å². The van der Waals surface area contributed by atoms with E-state index >= 15 is 0 Å². The first kappa shape index (κ1) is 15.0. The van der Waals surface area contributed by atoms with Crippen LogP contribution in [0.5, 0.6) is 0 Å². The fourth-order valence-electron chi connectivity index (χ4n) is 1.76. The molecule has 0 heterocycles. The Labute approximate surface area is 106 Å². The van der Waals surface area contributed by atoms with E-state index in [9.17, 15) is 13.2 Å². The molecule has 1 aromatic rings. The summed E-state index contributed by atoms with van der Waals surface area (Å²) in [6.07, 6.45) is -1.44. The van der Waals surface area contributed by atoms with Crippen LogP contribution in [0.25, 0.3) is 0 Å². The predicted octanol–water partition coefficient (Wildman–Crippen LogP) is 3.94. The average molecular weight is 259 g/mol. The van der Waals surface area contributed by atoms with Crippen molar-refractivity contribution in [3.8, 4) is 0 Å². The summed E-state index contributed by atoms with van der Waals surface area (Å²) in [6.45, 7) is 1.25. The van der Waals surface area contributed by atoms with Gasteiger partial charge in [0, 0.05) is 6.42 Å². The highest BCUT2D eigenvalue weighted by atomic mass is 19.4. The fraction of sp³-hybridized carbons (Fsp3) is 0.571. The standard InChI is InChI=1S/C14H20F3N/c15-14(16,17)10-6-12-18-11-5-4-9-13-7-2-1-3-8-13/h1-3,7-8,18H,4-6,9-12H2. The zero-order chi connectivity index (χ0) is 13.3. The number of alkyl halides is 3. The highest BCUT2D eigenvalue weighted by Crippen LogP contribution is 2.20. The van der Waals surface area contributed by atoms with Gasteiger partial charge in [-0.05, 0) is 44.3 Å². The molecule has 0 spiro atoms. The molecule has 0 radical (unpaired) electrons. The highest BCUT2D eigenvalue weighted by Gasteiger charge is 2.25. The summed E-state index contributed by atoms with van der Waals surface area (Å²) in [6, 6.07) is 10.2. The SMILES string of the molecule is FC(F)(F)CCCNCCCCc1ccccc1. The Morgan fingerprint density at radius 2 is 1.56 bits per heavy atom. The van der Waals surface area contributed by atoms with Crippen LogP contribution in [-0.2, 0) is 6.42 Å². The van der Waals surface area contributed by atoms with Gasteiger partial charge in [-0.3, -0.25) is 0 Å². The lowest BCUT2D eigenvalue weighted by Crippen LogP contribution is -2.19. The molecule has 0 aliphatic heterocycles. The van der Waals surface area contributed by atoms with Gasteiger partial charge in [0.15, 0.2) is 0 Å². The Kier molecular flexibility index (Phi) is 6.80. The molecule has 0 amide bonds. The minimum Gasteiger partial charge on any atom is -0.317 e.